The number of rotatable bonds is 10. The fourth-order valence-electron chi connectivity index (χ4n) is 2.03. The number of methoxy groups -OCH3 is 2. The molecule has 0 bridgehead atoms. The first kappa shape index (κ1) is 17.0. The van der Waals surface area contributed by atoms with Gasteiger partial charge in [-0.1, -0.05) is 18.2 Å². The van der Waals surface area contributed by atoms with Crippen molar-refractivity contribution in [3.63, 3.8) is 0 Å². The topological polar surface area (TPSA) is 47.7 Å². The summed E-state index contributed by atoms with van der Waals surface area (Å²) in [5, 5.41) is 0. The van der Waals surface area contributed by atoms with Crippen LogP contribution in [-0.2, 0) is 9.47 Å². The Labute approximate surface area is 120 Å². The molecule has 0 aromatic heterocycles. The van der Waals surface area contributed by atoms with Crippen molar-refractivity contribution in [3.05, 3.63) is 35.6 Å². The molecule has 1 aromatic rings. The van der Waals surface area contributed by atoms with Crippen LogP contribution in [0.2, 0.25) is 0 Å². The van der Waals surface area contributed by atoms with Crippen LogP contribution in [0.5, 0.6) is 0 Å². The monoisotopic (exact) mass is 284 g/mol. The van der Waals surface area contributed by atoms with Crippen molar-refractivity contribution < 1.29 is 13.9 Å². The van der Waals surface area contributed by atoms with Gasteiger partial charge >= 0.3 is 0 Å². The van der Waals surface area contributed by atoms with Crippen LogP contribution in [-0.4, -0.2) is 52.0 Å². The zero-order chi connectivity index (χ0) is 14.8. The van der Waals surface area contributed by atoms with E-state index in [4.69, 9.17) is 15.2 Å². The predicted octanol–water partition coefficient (Wildman–Crippen LogP) is 1.81. The summed E-state index contributed by atoms with van der Waals surface area (Å²) < 4.78 is 23.8. The molecule has 1 aromatic carbocycles. The number of ether oxygens (including phenoxy) is 2. The standard InChI is InChI=1S/C15H25FN2O2/c1-19-11-9-18(10-12-20-2)8-7-15(17)13-5-3-4-6-14(13)16/h3-6,15H,7-12,17H2,1-2H3. The van der Waals surface area contributed by atoms with Crippen LogP contribution in [0.4, 0.5) is 4.39 Å². The van der Waals surface area contributed by atoms with Crippen LogP contribution in [0, 0.1) is 5.82 Å². The Morgan fingerprint density at radius 3 is 2.25 bits per heavy atom. The first-order chi connectivity index (χ1) is 9.69. The molecule has 1 atom stereocenters. The highest BCUT2D eigenvalue weighted by Crippen LogP contribution is 2.17. The van der Waals surface area contributed by atoms with Gasteiger partial charge in [0.1, 0.15) is 5.82 Å². The molecule has 0 saturated heterocycles. The van der Waals surface area contributed by atoms with E-state index >= 15 is 0 Å². The third-order valence-corrected chi connectivity index (χ3v) is 3.28. The Bertz CT molecular complexity index is 369. The minimum absolute atomic E-state index is 0.236. The van der Waals surface area contributed by atoms with E-state index in [2.05, 4.69) is 4.90 Å². The maximum absolute atomic E-state index is 13.6. The Kier molecular flexibility index (Phi) is 8.37. The first-order valence-electron chi connectivity index (χ1n) is 6.89. The molecule has 0 amide bonds. The van der Waals surface area contributed by atoms with E-state index in [-0.39, 0.29) is 11.9 Å². The third-order valence-electron chi connectivity index (χ3n) is 3.28. The van der Waals surface area contributed by atoms with Gasteiger partial charge < -0.3 is 15.2 Å². The smallest absolute Gasteiger partial charge is 0.127 e. The number of benzene rings is 1. The molecule has 0 aliphatic rings. The average Bonchev–Trinajstić information content (AvgIpc) is 2.46. The first-order valence-corrected chi connectivity index (χ1v) is 6.89. The summed E-state index contributed by atoms with van der Waals surface area (Å²) in [6.07, 6.45) is 0.703. The molecule has 0 spiro atoms. The molecule has 1 rings (SSSR count). The van der Waals surface area contributed by atoms with Gasteiger partial charge in [0.15, 0.2) is 0 Å². The van der Waals surface area contributed by atoms with E-state index in [0.717, 1.165) is 19.6 Å². The van der Waals surface area contributed by atoms with Crippen LogP contribution < -0.4 is 5.73 Å². The summed E-state index contributed by atoms with van der Waals surface area (Å²) >= 11 is 0. The largest absolute Gasteiger partial charge is 0.383 e. The second-order valence-corrected chi connectivity index (χ2v) is 4.74. The molecule has 20 heavy (non-hydrogen) atoms. The predicted molar refractivity (Wildman–Crippen MR) is 78.1 cm³/mol. The lowest BCUT2D eigenvalue weighted by atomic mass is 10.0. The van der Waals surface area contributed by atoms with Gasteiger partial charge in [0.05, 0.1) is 13.2 Å². The van der Waals surface area contributed by atoms with Crippen LogP contribution in [0.25, 0.3) is 0 Å². The molecule has 0 aliphatic heterocycles. The second-order valence-electron chi connectivity index (χ2n) is 4.74. The van der Waals surface area contributed by atoms with Crippen molar-refractivity contribution in [1.29, 1.82) is 0 Å². The average molecular weight is 284 g/mol. The van der Waals surface area contributed by atoms with Crippen molar-refractivity contribution in [2.45, 2.75) is 12.5 Å². The number of nitrogens with zero attached hydrogens (tertiary/aromatic N) is 1. The SMILES string of the molecule is COCCN(CCOC)CCC(N)c1ccccc1F. The molecule has 2 N–H and O–H groups in total. The van der Waals surface area contributed by atoms with Gasteiger partial charge in [0, 0.05) is 45.5 Å². The highest BCUT2D eigenvalue weighted by atomic mass is 19.1. The summed E-state index contributed by atoms with van der Waals surface area (Å²) in [4.78, 5) is 2.22. The molecule has 114 valence electrons. The number of hydrogen-bond acceptors (Lipinski definition) is 4. The van der Waals surface area contributed by atoms with E-state index in [1.54, 1.807) is 26.4 Å². The molecule has 4 nitrogen and oxygen atoms in total. The summed E-state index contributed by atoms with van der Waals surface area (Å²) in [5.74, 6) is -0.236. The third kappa shape index (κ3) is 5.96. The van der Waals surface area contributed by atoms with Crippen molar-refractivity contribution in [2.75, 3.05) is 47.1 Å². The second kappa shape index (κ2) is 9.83. The lowest BCUT2D eigenvalue weighted by molar-refractivity contribution is 0.112. The van der Waals surface area contributed by atoms with E-state index in [0.29, 0.717) is 25.2 Å². The Hall–Kier alpha value is -1.01. The lowest BCUT2D eigenvalue weighted by Gasteiger charge is -2.23. The van der Waals surface area contributed by atoms with Crippen molar-refractivity contribution in [3.8, 4) is 0 Å². The fraction of sp³-hybridized carbons (Fsp3) is 0.600. The summed E-state index contributed by atoms with van der Waals surface area (Å²) in [6, 6.07) is 6.39. The zero-order valence-corrected chi connectivity index (χ0v) is 12.3. The van der Waals surface area contributed by atoms with Gasteiger partial charge in [-0.25, -0.2) is 4.39 Å². The Balaban J connectivity index is 2.46. The molecule has 0 fully saturated rings. The fourth-order valence-corrected chi connectivity index (χ4v) is 2.03. The van der Waals surface area contributed by atoms with Crippen molar-refractivity contribution in [2.24, 2.45) is 5.73 Å². The maximum Gasteiger partial charge on any atom is 0.127 e. The molecular weight excluding hydrogens is 259 g/mol. The van der Waals surface area contributed by atoms with E-state index in [1.165, 1.54) is 6.07 Å². The van der Waals surface area contributed by atoms with E-state index in [1.807, 2.05) is 6.07 Å². The molecule has 0 aliphatic carbocycles. The lowest BCUT2D eigenvalue weighted by Crippen LogP contribution is -2.33. The van der Waals surface area contributed by atoms with Gasteiger partial charge in [0.2, 0.25) is 0 Å². The van der Waals surface area contributed by atoms with E-state index < -0.39 is 0 Å². The normalized spacial score (nSPS) is 12.8. The van der Waals surface area contributed by atoms with Crippen molar-refractivity contribution in [1.82, 2.24) is 4.90 Å². The number of halogens is 1. The Morgan fingerprint density at radius 1 is 1.10 bits per heavy atom. The Morgan fingerprint density at radius 2 is 1.70 bits per heavy atom. The summed E-state index contributed by atoms with van der Waals surface area (Å²) in [5.41, 5.74) is 6.65. The highest BCUT2D eigenvalue weighted by Gasteiger charge is 2.13. The highest BCUT2D eigenvalue weighted by molar-refractivity contribution is 5.20. The molecule has 5 heteroatoms. The molecular formula is C15H25FN2O2. The van der Waals surface area contributed by atoms with Gasteiger partial charge in [-0.15, -0.1) is 0 Å². The van der Waals surface area contributed by atoms with Crippen molar-refractivity contribution >= 4 is 0 Å². The number of nitrogens with two attached hydrogens (primary N) is 1. The quantitative estimate of drug-likeness (QED) is 0.712. The molecule has 1 unspecified atom stereocenters. The number of hydrogen-bond donors (Lipinski definition) is 1. The van der Waals surface area contributed by atoms with Gasteiger partial charge in [-0.05, 0) is 12.5 Å². The van der Waals surface area contributed by atoms with Gasteiger partial charge in [-0.2, -0.15) is 0 Å². The maximum atomic E-state index is 13.6. The van der Waals surface area contributed by atoms with Gasteiger partial charge in [0.25, 0.3) is 0 Å². The summed E-state index contributed by atoms with van der Waals surface area (Å²) in [7, 11) is 3.36. The van der Waals surface area contributed by atoms with Crippen LogP contribution in [0.1, 0.15) is 18.0 Å². The molecule has 0 heterocycles. The summed E-state index contributed by atoms with van der Waals surface area (Å²) in [6.45, 7) is 3.77. The molecule has 0 radical (unpaired) electrons. The van der Waals surface area contributed by atoms with Crippen LogP contribution in [0.3, 0.4) is 0 Å². The minimum atomic E-state index is -0.288. The van der Waals surface area contributed by atoms with Gasteiger partial charge in [-0.3, -0.25) is 4.90 Å². The molecule has 0 saturated carbocycles. The minimum Gasteiger partial charge on any atom is -0.383 e. The van der Waals surface area contributed by atoms with E-state index in [9.17, 15) is 4.39 Å². The van der Waals surface area contributed by atoms with Crippen LogP contribution in [0.15, 0.2) is 24.3 Å². The zero-order valence-electron chi connectivity index (χ0n) is 12.3. The van der Waals surface area contributed by atoms with Crippen LogP contribution >= 0.6 is 0 Å².